The highest BCUT2D eigenvalue weighted by molar-refractivity contribution is 5.35. The van der Waals surface area contributed by atoms with Gasteiger partial charge in [0.25, 0.3) is 0 Å². The van der Waals surface area contributed by atoms with Crippen molar-refractivity contribution in [3.8, 4) is 5.75 Å². The van der Waals surface area contributed by atoms with E-state index >= 15 is 0 Å². The second kappa shape index (κ2) is 3.38. The van der Waals surface area contributed by atoms with Crippen molar-refractivity contribution in [2.75, 3.05) is 0 Å². The van der Waals surface area contributed by atoms with E-state index in [2.05, 4.69) is 0 Å². The Labute approximate surface area is 79.4 Å². The summed E-state index contributed by atoms with van der Waals surface area (Å²) in [6, 6.07) is 5.61. The van der Waals surface area contributed by atoms with Crippen LogP contribution in [-0.2, 0) is 6.42 Å². The average Bonchev–Trinajstić information content (AvgIpc) is 1.94. The smallest absolute Gasteiger partial charge is 0.118 e. The summed E-state index contributed by atoms with van der Waals surface area (Å²) in [6.07, 6.45) is 0.827. The summed E-state index contributed by atoms with van der Waals surface area (Å²) < 4.78 is 0. The van der Waals surface area contributed by atoms with Crippen molar-refractivity contribution in [3.05, 3.63) is 29.3 Å². The Morgan fingerprint density at radius 2 is 2.00 bits per heavy atom. The van der Waals surface area contributed by atoms with Gasteiger partial charge in [0, 0.05) is 5.54 Å². The molecule has 0 aliphatic rings. The monoisotopic (exact) mass is 179 g/mol. The molecule has 1 rings (SSSR count). The number of phenolic OH excluding ortho intramolecular Hbond substituents is 1. The minimum atomic E-state index is -0.191. The van der Waals surface area contributed by atoms with Crippen LogP contribution in [0.5, 0.6) is 5.75 Å². The highest BCUT2D eigenvalue weighted by Gasteiger charge is 2.11. The Kier molecular flexibility index (Phi) is 2.62. The topological polar surface area (TPSA) is 46.2 Å². The summed E-state index contributed by atoms with van der Waals surface area (Å²) in [5.74, 6) is 0.346. The number of aromatic hydroxyl groups is 1. The van der Waals surface area contributed by atoms with Crippen molar-refractivity contribution in [3.63, 3.8) is 0 Å². The van der Waals surface area contributed by atoms with Crippen molar-refractivity contribution in [1.29, 1.82) is 0 Å². The summed E-state index contributed by atoms with van der Waals surface area (Å²) in [5.41, 5.74) is 7.78. The van der Waals surface area contributed by atoms with Crippen LogP contribution >= 0.6 is 0 Å². The number of phenols is 1. The highest BCUT2D eigenvalue weighted by Crippen LogP contribution is 2.19. The van der Waals surface area contributed by atoms with E-state index in [1.54, 1.807) is 6.07 Å². The van der Waals surface area contributed by atoms with Gasteiger partial charge in [-0.3, -0.25) is 0 Å². The van der Waals surface area contributed by atoms with Crippen LogP contribution in [0, 0.1) is 6.92 Å². The molecule has 0 saturated carbocycles. The Bertz CT molecular complexity index is 299. The fourth-order valence-corrected chi connectivity index (χ4v) is 1.35. The summed E-state index contributed by atoms with van der Waals surface area (Å²) in [6.45, 7) is 5.88. The van der Waals surface area contributed by atoms with Crippen molar-refractivity contribution in [2.24, 2.45) is 5.73 Å². The molecule has 0 aromatic heterocycles. The maximum Gasteiger partial charge on any atom is 0.118 e. The lowest BCUT2D eigenvalue weighted by atomic mass is 9.95. The molecule has 1 aromatic rings. The Balaban J connectivity index is 2.86. The number of hydrogen-bond acceptors (Lipinski definition) is 2. The van der Waals surface area contributed by atoms with E-state index in [1.165, 1.54) is 5.56 Å². The third-order valence-corrected chi connectivity index (χ3v) is 1.92. The van der Waals surface area contributed by atoms with Crippen LogP contribution in [0.4, 0.5) is 0 Å². The first kappa shape index (κ1) is 10.1. The average molecular weight is 179 g/mol. The van der Waals surface area contributed by atoms with Crippen LogP contribution in [0.3, 0.4) is 0 Å². The molecule has 72 valence electrons. The molecular weight excluding hydrogens is 162 g/mol. The van der Waals surface area contributed by atoms with Gasteiger partial charge in [-0.2, -0.15) is 0 Å². The number of hydrogen-bond donors (Lipinski definition) is 2. The van der Waals surface area contributed by atoms with Crippen molar-refractivity contribution >= 4 is 0 Å². The molecule has 0 radical (unpaired) electrons. The lowest BCUT2D eigenvalue weighted by Gasteiger charge is -2.18. The van der Waals surface area contributed by atoms with Gasteiger partial charge in [-0.25, -0.2) is 0 Å². The fraction of sp³-hybridized carbons (Fsp3) is 0.455. The van der Waals surface area contributed by atoms with E-state index < -0.39 is 0 Å². The van der Waals surface area contributed by atoms with Gasteiger partial charge in [0.2, 0.25) is 0 Å². The van der Waals surface area contributed by atoms with Gasteiger partial charge >= 0.3 is 0 Å². The maximum atomic E-state index is 9.31. The van der Waals surface area contributed by atoms with Gasteiger partial charge in [0.15, 0.2) is 0 Å². The number of rotatable bonds is 2. The molecule has 0 amide bonds. The van der Waals surface area contributed by atoms with Crippen molar-refractivity contribution in [2.45, 2.75) is 32.7 Å². The lowest BCUT2D eigenvalue weighted by molar-refractivity contribution is 0.469. The molecule has 0 aliphatic carbocycles. The second-order valence-electron chi connectivity index (χ2n) is 4.29. The molecule has 2 nitrogen and oxygen atoms in total. The van der Waals surface area contributed by atoms with E-state index in [0.717, 1.165) is 12.0 Å². The van der Waals surface area contributed by atoms with Crippen LogP contribution in [0.1, 0.15) is 25.0 Å². The maximum absolute atomic E-state index is 9.31. The van der Waals surface area contributed by atoms with E-state index in [-0.39, 0.29) is 5.54 Å². The quantitative estimate of drug-likeness (QED) is 0.729. The molecule has 0 spiro atoms. The lowest BCUT2D eigenvalue weighted by Crippen LogP contribution is -2.34. The third kappa shape index (κ3) is 3.07. The van der Waals surface area contributed by atoms with E-state index in [0.29, 0.717) is 5.75 Å². The van der Waals surface area contributed by atoms with Crippen LogP contribution in [0.2, 0.25) is 0 Å². The third-order valence-electron chi connectivity index (χ3n) is 1.92. The molecule has 1 aromatic carbocycles. The van der Waals surface area contributed by atoms with Crippen LogP contribution in [-0.4, -0.2) is 10.6 Å². The first-order valence-electron chi connectivity index (χ1n) is 4.46. The molecule has 3 N–H and O–H groups in total. The van der Waals surface area contributed by atoms with Gasteiger partial charge in [-0.05, 0) is 44.4 Å². The molecule has 0 heterocycles. The van der Waals surface area contributed by atoms with Crippen LogP contribution in [0.25, 0.3) is 0 Å². The SMILES string of the molecule is Cc1cc(CC(C)(C)N)ccc1O. The van der Waals surface area contributed by atoms with Gasteiger partial charge < -0.3 is 10.8 Å². The predicted octanol–water partition coefficient (Wildman–Crippen LogP) is 1.98. The largest absolute Gasteiger partial charge is 0.508 e. The summed E-state index contributed by atoms with van der Waals surface area (Å²) >= 11 is 0. The fourth-order valence-electron chi connectivity index (χ4n) is 1.35. The van der Waals surface area contributed by atoms with Crippen LogP contribution < -0.4 is 5.73 Å². The molecular formula is C11H17NO. The van der Waals surface area contributed by atoms with Gasteiger partial charge in [-0.1, -0.05) is 12.1 Å². The minimum Gasteiger partial charge on any atom is -0.508 e. The molecule has 0 bridgehead atoms. The first-order chi connectivity index (χ1) is 5.88. The minimum absolute atomic E-state index is 0.191. The Morgan fingerprint density at radius 3 is 2.46 bits per heavy atom. The normalized spacial score (nSPS) is 11.7. The first-order valence-corrected chi connectivity index (χ1v) is 4.46. The zero-order valence-electron chi connectivity index (χ0n) is 8.46. The summed E-state index contributed by atoms with van der Waals surface area (Å²) in [4.78, 5) is 0. The van der Waals surface area contributed by atoms with Gasteiger partial charge in [-0.15, -0.1) is 0 Å². The molecule has 0 atom stereocenters. The molecule has 0 saturated heterocycles. The number of aryl methyl sites for hydroxylation is 1. The molecule has 0 fully saturated rings. The molecule has 0 aliphatic heterocycles. The van der Waals surface area contributed by atoms with Crippen molar-refractivity contribution in [1.82, 2.24) is 0 Å². The van der Waals surface area contributed by atoms with E-state index in [1.807, 2.05) is 32.9 Å². The Hall–Kier alpha value is -1.02. The predicted molar refractivity (Wildman–Crippen MR) is 54.8 cm³/mol. The Morgan fingerprint density at radius 1 is 1.38 bits per heavy atom. The number of nitrogens with two attached hydrogens (primary N) is 1. The number of benzene rings is 1. The van der Waals surface area contributed by atoms with E-state index in [9.17, 15) is 5.11 Å². The summed E-state index contributed by atoms with van der Waals surface area (Å²) in [5, 5.41) is 9.31. The van der Waals surface area contributed by atoms with Gasteiger partial charge in [0.1, 0.15) is 5.75 Å². The standard InChI is InChI=1S/C11H17NO/c1-8-6-9(4-5-10(8)13)7-11(2,3)12/h4-6,13H,7,12H2,1-3H3. The van der Waals surface area contributed by atoms with Gasteiger partial charge in [0.05, 0.1) is 0 Å². The molecule has 13 heavy (non-hydrogen) atoms. The highest BCUT2D eigenvalue weighted by atomic mass is 16.3. The zero-order valence-corrected chi connectivity index (χ0v) is 8.46. The zero-order chi connectivity index (χ0) is 10.1. The van der Waals surface area contributed by atoms with E-state index in [4.69, 9.17) is 5.73 Å². The van der Waals surface area contributed by atoms with Crippen LogP contribution in [0.15, 0.2) is 18.2 Å². The second-order valence-corrected chi connectivity index (χ2v) is 4.29. The molecule has 2 heteroatoms. The summed E-state index contributed by atoms with van der Waals surface area (Å²) in [7, 11) is 0. The van der Waals surface area contributed by atoms with Crippen molar-refractivity contribution < 1.29 is 5.11 Å². The molecule has 0 unspecified atom stereocenters.